The van der Waals surface area contributed by atoms with Crippen LogP contribution >= 0.6 is 0 Å². The summed E-state index contributed by atoms with van der Waals surface area (Å²) in [7, 11) is -4.10. The number of unbranched alkanes of at least 4 members (excludes halogenated alkanes) is 6. The van der Waals surface area contributed by atoms with Crippen LogP contribution in [0.3, 0.4) is 0 Å². The molecule has 0 aromatic heterocycles. The third kappa shape index (κ3) is 12.5. The summed E-state index contributed by atoms with van der Waals surface area (Å²) in [4.78, 5) is 0. The summed E-state index contributed by atoms with van der Waals surface area (Å²) in [6.07, 6.45) is 7.99. The molecule has 0 aliphatic heterocycles. The summed E-state index contributed by atoms with van der Waals surface area (Å²) in [6, 6.07) is 0. The third-order valence-corrected chi connectivity index (χ3v) is 4.43. The van der Waals surface area contributed by atoms with Gasteiger partial charge in [-0.25, -0.2) is 8.42 Å². The molecular formula is C12H25KO4S. The molecule has 1 atom stereocenters. The first-order valence-electron chi connectivity index (χ1n) is 6.58. The van der Waals surface area contributed by atoms with Crippen molar-refractivity contribution in [2.75, 3.05) is 6.61 Å². The zero-order chi connectivity index (χ0) is 13.1. The van der Waals surface area contributed by atoms with Crippen LogP contribution in [0.15, 0.2) is 0 Å². The summed E-state index contributed by atoms with van der Waals surface area (Å²) >= 11 is 0. The molecule has 0 heterocycles. The van der Waals surface area contributed by atoms with E-state index in [0.29, 0.717) is 12.8 Å². The topological polar surface area (TPSA) is 77.4 Å². The fraction of sp³-hybridized carbons (Fsp3) is 1.00. The van der Waals surface area contributed by atoms with Gasteiger partial charge in [-0.2, -0.15) is 0 Å². The molecule has 18 heavy (non-hydrogen) atoms. The summed E-state index contributed by atoms with van der Waals surface area (Å²) in [5, 5.41) is 7.89. The van der Waals surface area contributed by atoms with Crippen molar-refractivity contribution in [1.82, 2.24) is 0 Å². The Labute approximate surface area is 154 Å². The number of hydrogen-bond donors (Lipinski definition) is 1. The normalized spacial score (nSPS) is 13.1. The number of aliphatic hydroxyl groups excluding tert-OH is 1. The molecule has 0 saturated heterocycles. The van der Waals surface area contributed by atoms with E-state index in [4.69, 9.17) is 5.11 Å². The Hall–Kier alpha value is 1.51. The van der Waals surface area contributed by atoms with E-state index in [0.717, 1.165) is 44.9 Å². The minimum absolute atomic E-state index is 0. The van der Waals surface area contributed by atoms with E-state index < -0.39 is 15.4 Å². The minimum atomic E-state index is -4.10. The van der Waals surface area contributed by atoms with Gasteiger partial charge in [-0.05, 0) is 19.3 Å². The van der Waals surface area contributed by atoms with E-state index in [1.165, 1.54) is 0 Å². The molecule has 0 amide bonds. The average molecular weight is 304 g/mol. The van der Waals surface area contributed by atoms with Crippen molar-refractivity contribution in [1.29, 1.82) is 0 Å². The van der Waals surface area contributed by atoms with Crippen LogP contribution in [-0.4, -0.2) is 29.9 Å². The van der Waals surface area contributed by atoms with Gasteiger partial charge in [-0.3, -0.25) is 0 Å². The van der Waals surface area contributed by atoms with Crippen LogP contribution in [0.2, 0.25) is 0 Å². The first kappa shape index (κ1) is 21.8. The summed E-state index contributed by atoms with van der Waals surface area (Å²) in [5.74, 6) is 0. The quantitative estimate of drug-likeness (QED) is 0.315. The van der Waals surface area contributed by atoms with Crippen molar-refractivity contribution in [3.8, 4) is 0 Å². The van der Waals surface area contributed by atoms with Crippen LogP contribution in [0.1, 0.15) is 64.7 Å². The van der Waals surface area contributed by atoms with Gasteiger partial charge in [0, 0.05) is 11.9 Å². The minimum Gasteiger partial charge on any atom is -0.748 e. The van der Waals surface area contributed by atoms with Crippen LogP contribution in [0.25, 0.3) is 0 Å². The maximum Gasteiger partial charge on any atom is 1.00 e. The van der Waals surface area contributed by atoms with Crippen LogP contribution in [0.5, 0.6) is 0 Å². The van der Waals surface area contributed by atoms with Crippen molar-refractivity contribution in [3.63, 3.8) is 0 Å². The van der Waals surface area contributed by atoms with Gasteiger partial charge in [0.1, 0.15) is 0 Å². The predicted octanol–water partition coefficient (Wildman–Crippen LogP) is -0.573. The summed E-state index contributed by atoms with van der Waals surface area (Å²) < 4.78 is 32.5. The van der Waals surface area contributed by atoms with Gasteiger partial charge < -0.3 is 9.66 Å². The van der Waals surface area contributed by atoms with Crippen molar-refractivity contribution >= 4 is 10.1 Å². The molecule has 0 aliphatic carbocycles. The maximum absolute atomic E-state index is 10.8. The van der Waals surface area contributed by atoms with E-state index in [-0.39, 0.29) is 58.0 Å². The average Bonchev–Trinajstić information content (AvgIpc) is 2.25. The molecular weight excluding hydrogens is 279 g/mol. The van der Waals surface area contributed by atoms with Gasteiger partial charge in [0.05, 0.1) is 10.1 Å². The Morgan fingerprint density at radius 3 is 1.83 bits per heavy atom. The number of rotatable bonds is 11. The van der Waals surface area contributed by atoms with Gasteiger partial charge in [-0.15, -0.1) is 0 Å². The molecule has 1 unspecified atom stereocenters. The molecule has 0 aromatic rings. The van der Waals surface area contributed by atoms with E-state index in [9.17, 15) is 13.0 Å². The Kier molecular flexibility index (Phi) is 16.3. The SMILES string of the molecule is CCC(CCCCCCCCCO)S(=O)(=O)[O-].[K+]. The van der Waals surface area contributed by atoms with Crippen LogP contribution in [0.4, 0.5) is 0 Å². The van der Waals surface area contributed by atoms with Gasteiger partial charge in [0.2, 0.25) is 0 Å². The molecule has 0 rings (SSSR count). The molecule has 104 valence electrons. The molecule has 0 spiro atoms. The first-order chi connectivity index (χ1) is 8.02. The Morgan fingerprint density at radius 2 is 1.44 bits per heavy atom. The summed E-state index contributed by atoms with van der Waals surface area (Å²) in [6.45, 7) is 2.01. The molecule has 4 nitrogen and oxygen atoms in total. The second-order valence-corrected chi connectivity index (χ2v) is 6.16. The second kappa shape index (κ2) is 13.5. The molecule has 0 saturated carbocycles. The fourth-order valence-corrected chi connectivity index (χ4v) is 2.78. The van der Waals surface area contributed by atoms with Crippen molar-refractivity contribution in [3.05, 3.63) is 0 Å². The fourth-order valence-electron chi connectivity index (χ4n) is 1.92. The second-order valence-electron chi connectivity index (χ2n) is 4.51. The van der Waals surface area contributed by atoms with Crippen LogP contribution in [0, 0.1) is 0 Å². The van der Waals surface area contributed by atoms with Crippen LogP contribution < -0.4 is 51.4 Å². The van der Waals surface area contributed by atoms with E-state index >= 15 is 0 Å². The maximum atomic E-state index is 10.8. The van der Waals surface area contributed by atoms with Crippen molar-refractivity contribution in [2.45, 2.75) is 70.0 Å². The Balaban J connectivity index is 0. The van der Waals surface area contributed by atoms with Crippen molar-refractivity contribution < 1.29 is 69.5 Å². The molecule has 0 bridgehead atoms. The van der Waals surface area contributed by atoms with E-state index in [1.54, 1.807) is 6.92 Å². The monoisotopic (exact) mass is 304 g/mol. The Morgan fingerprint density at radius 1 is 1.00 bits per heavy atom. The molecule has 0 radical (unpaired) electrons. The molecule has 0 fully saturated rings. The van der Waals surface area contributed by atoms with Gasteiger partial charge in [0.15, 0.2) is 0 Å². The number of aliphatic hydroxyl groups is 1. The zero-order valence-corrected chi connectivity index (χ0v) is 15.7. The Bertz CT molecular complexity index is 267. The standard InChI is InChI=1S/C12H26O4S.K/c1-2-12(17(14,15)16)10-8-6-4-3-5-7-9-11-13;/h12-13H,2-11H2,1H3,(H,14,15,16);/q;+1/p-1. The summed E-state index contributed by atoms with van der Waals surface area (Å²) in [5.41, 5.74) is 0. The zero-order valence-electron chi connectivity index (χ0n) is 11.7. The van der Waals surface area contributed by atoms with E-state index in [2.05, 4.69) is 0 Å². The molecule has 1 N–H and O–H groups in total. The molecule has 0 aromatic carbocycles. The largest absolute Gasteiger partial charge is 1.00 e. The van der Waals surface area contributed by atoms with Crippen molar-refractivity contribution in [2.24, 2.45) is 0 Å². The van der Waals surface area contributed by atoms with Crippen LogP contribution in [-0.2, 0) is 10.1 Å². The molecule has 0 aliphatic rings. The number of hydrogen-bond acceptors (Lipinski definition) is 4. The smallest absolute Gasteiger partial charge is 0.748 e. The first-order valence-corrected chi connectivity index (χ1v) is 8.05. The van der Waals surface area contributed by atoms with Gasteiger partial charge >= 0.3 is 51.4 Å². The van der Waals surface area contributed by atoms with E-state index in [1.807, 2.05) is 0 Å². The predicted molar refractivity (Wildman–Crippen MR) is 67.8 cm³/mol. The molecule has 6 heteroatoms. The van der Waals surface area contributed by atoms with Gasteiger partial charge in [0.25, 0.3) is 0 Å². The third-order valence-electron chi connectivity index (χ3n) is 3.05. The van der Waals surface area contributed by atoms with Gasteiger partial charge in [-0.1, -0.05) is 45.4 Å².